The summed E-state index contributed by atoms with van der Waals surface area (Å²) in [7, 11) is 1.72. The van der Waals surface area contributed by atoms with Gasteiger partial charge in [-0.3, -0.25) is 0 Å². The molecule has 1 aromatic carbocycles. The van der Waals surface area contributed by atoms with Crippen LogP contribution in [0.15, 0.2) is 18.2 Å². The Kier molecular flexibility index (Phi) is 2.58. The lowest BCUT2D eigenvalue weighted by Gasteiger charge is -2.05. The van der Waals surface area contributed by atoms with Gasteiger partial charge in [0.05, 0.1) is 22.5 Å². The highest BCUT2D eigenvalue weighted by molar-refractivity contribution is 6.16. The van der Waals surface area contributed by atoms with Gasteiger partial charge in [-0.1, -0.05) is 0 Å². The van der Waals surface area contributed by atoms with E-state index >= 15 is 0 Å². The average molecular weight is 249 g/mol. The summed E-state index contributed by atoms with van der Waals surface area (Å²) in [4.78, 5) is 4.04. The second kappa shape index (κ2) is 3.66. The van der Waals surface area contributed by atoms with Crippen LogP contribution in [0.4, 0.5) is 13.2 Å². The number of benzene rings is 1. The largest absolute Gasteiger partial charge is 0.416 e. The third-order valence-corrected chi connectivity index (χ3v) is 2.66. The van der Waals surface area contributed by atoms with Crippen molar-refractivity contribution in [1.29, 1.82) is 0 Å². The van der Waals surface area contributed by atoms with Crippen molar-refractivity contribution in [1.82, 2.24) is 9.55 Å². The van der Waals surface area contributed by atoms with Crippen molar-refractivity contribution in [2.45, 2.75) is 12.1 Å². The van der Waals surface area contributed by atoms with Crippen molar-refractivity contribution in [3.8, 4) is 0 Å². The zero-order valence-electron chi connectivity index (χ0n) is 8.35. The molecule has 0 amide bonds. The predicted molar refractivity (Wildman–Crippen MR) is 55.3 cm³/mol. The van der Waals surface area contributed by atoms with Crippen molar-refractivity contribution < 1.29 is 13.2 Å². The van der Waals surface area contributed by atoms with Crippen LogP contribution in [-0.2, 0) is 19.1 Å². The molecular formula is C10H8ClF3N2. The molecule has 0 aliphatic heterocycles. The number of fused-ring (bicyclic) bond motifs is 1. The van der Waals surface area contributed by atoms with Gasteiger partial charge in [0.15, 0.2) is 0 Å². The minimum absolute atomic E-state index is 0.173. The predicted octanol–water partition coefficient (Wildman–Crippen LogP) is 3.33. The fourth-order valence-electron chi connectivity index (χ4n) is 1.55. The van der Waals surface area contributed by atoms with E-state index in [-0.39, 0.29) is 5.88 Å². The van der Waals surface area contributed by atoms with Crippen LogP contribution in [0.1, 0.15) is 11.4 Å². The first-order chi connectivity index (χ1) is 7.43. The molecule has 6 heteroatoms. The van der Waals surface area contributed by atoms with Crippen LogP contribution in [0.3, 0.4) is 0 Å². The van der Waals surface area contributed by atoms with Gasteiger partial charge in [-0.2, -0.15) is 13.2 Å². The number of alkyl halides is 4. The first-order valence-electron chi connectivity index (χ1n) is 4.52. The highest BCUT2D eigenvalue weighted by Crippen LogP contribution is 2.31. The normalized spacial score (nSPS) is 12.3. The van der Waals surface area contributed by atoms with Crippen molar-refractivity contribution in [2.75, 3.05) is 0 Å². The first kappa shape index (κ1) is 11.3. The van der Waals surface area contributed by atoms with Gasteiger partial charge < -0.3 is 4.57 Å². The number of hydrogen-bond donors (Lipinski definition) is 0. The maximum absolute atomic E-state index is 12.4. The van der Waals surface area contributed by atoms with E-state index in [4.69, 9.17) is 11.6 Å². The summed E-state index contributed by atoms with van der Waals surface area (Å²) >= 11 is 5.63. The second-order valence-electron chi connectivity index (χ2n) is 3.42. The Morgan fingerprint density at radius 3 is 2.62 bits per heavy atom. The van der Waals surface area contributed by atoms with Gasteiger partial charge in [0.25, 0.3) is 0 Å². The molecule has 0 N–H and O–H groups in total. The Hall–Kier alpha value is -1.23. The van der Waals surface area contributed by atoms with Crippen molar-refractivity contribution >= 4 is 22.6 Å². The standard InChI is InChI=1S/C10H8ClF3N2/c1-16-8-3-2-6(10(12,13)14)4-7(8)15-9(16)5-11/h2-4H,5H2,1H3. The molecule has 0 unspecified atom stereocenters. The molecule has 0 spiro atoms. The summed E-state index contributed by atoms with van der Waals surface area (Å²) in [5.74, 6) is 0.725. The summed E-state index contributed by atoms with van der Waals surface area (Å²) in [5, 5.41) is 0. The molecule has 16 heavy (non-hydrogen) atoms. The number of imidazole rings is 1. The Balaban J connectivity index is 2.64. The second-order valence-corrected chi connectivity index (χ2v) is 3.69. The fourth-order valence-corrected chi connectivity index (χ4v) is 1.78. The number of halogens is 4. The molecular weight excluding hydrogens is 241 g/mol. The lowest BCUT2D eigenvalue weighted by molar-refractivity contribution is -0.137. The van der Waals surface area contributed by atoms with E-state index in [9.17, 15) is 13.2 Å². The van der Waals surface area contributed by atoms with E-state index < -0.39 is 11.7 Å². The molecule has 1 heterocycles. The minimum Gasteiger partial charge on any atom is -0.330 e. The summed E-state index contributed by atoms with van der Waals surface area (Å²) < 4.78 is 39.0. The van der Waals surface area contributed by atoms with E-state index in [1.807, 2.05) is 0 Å². The fraction of sp³-hybridized carbons (Fsp3) is 0.300. The van der Waals surface area contributed by atoms with Crippen LogP contribution < -0.4 is 0 Å². The third-order valence-electron chi connectivity index (χ3n) is 2.42. The lowest BCUT2D eigenvalue weighted by atomic mass is 10.2. The molecule has 0 aliphatic carbocycles. The van der Waals surface area contributed by atoms with Crippen LogP contribution in [0, 0.1) is 0 Å². The zero-order chi connectivity index (χ0) is 11.9. The van der Waals surface area contributed by atoms with Crippen molar-refractivity contribution in [3.63, 3.8) is 0 Å². The van der Waals surface area contributed by atoms with Crippen LogP contribution in [0.2, 0.25) is 0 Å². The molecule has 0 fully saturated rings. The van der Waals surface area contributed by atoms with Crippen LogP contribution in [0.5, 0.6) is 0 Å². The minimum atomic E-state index is -4.34. The van der Waals surface area contributed by atoms with Gasteiger partial charge >= 0.3 is 6.18 Å². The summed E-state index contributed by atoms with van der Waals surface area (Å²) in [6, 6.07) is 3.48. The molecule has 86 valence electrons. The van der Waals surface area contributed by atoms with E-state index in [2.05, 4.69) is 4.98 Å². The Morgan fingerprint density at radius 2 is 2.06 bits per heavy atom. The van der Waals surface area contributed by atoms with Gasteiger partial charge in [-0.05, 0) is 18.2 Å². The summed E-state index contributed by atoms with van der Waals surface area (Å²) in [5.41, 5.74) is 0.260. The first-order valence-corrected chi connectivity index (χ1v) is 5.05. The summed E-state index contributed by atoms with van der Waals surface area (Å²) in [6.07, 6.45) is -4.34. The maximum Gasteiger partial charge on any atom is 0.416 e. The maximum atomic E-state index is 12.4. The molecule has 1 aromatic heterocycles. The van der Waals surface area contributed by atoms with Crippen LogP contribution in [0.25, 0.3) is 11.0 Å². The van der Waals surface area contributed by atoms with Crippen LogP contribution >= 0.6 is 11.6 Å². The topological polar surface area (TPSA) is 17.8 Å². The highest BCUT2D eigenvalue weighted by atomic mass is 35.5. The number of nitrogens with zero attached hydrogens (tertiary/aromatic N) is 2. The molecule has 0 bridgehead atoms. The lowest BCUT2D eigenvalue weighted by Crippen LogP contribution is -2.04. The molecule has 2 nitrogen and oxygen atoms in total. The van der Waals surface area contributed by atoms with Crippen LogP contribution in [-0.4, -0.2) is 9.55 Å². The number of hydrogen-bond acceptors (Lipinski definition) is 1. The van der Waals surface area contributed by atoms with Crippen molar-refractivity contribution in [2.24, 2.45) is 7.05 Å². The zero-order valence-corrected chi connectivity index (χ0v) is 9.10. The monoisotopic (exact) mass is 248 g/mol. The van der Waals surface area contributed by atoms with Gasteiger partial charge in [-0.15, -0.1) is 11.6 Å². The Labute approximate surface area is 94.6 Å². The molecule has 0 atom stereocenters. The molecule has 2 rings (SSSR count). The molecule has 0 saturated carbocycles. The third kappa shape index (κ3) is 1.75. The Bertz CT molecular complexity index is 531. The average Bonchev–Trinajstić information content (AvgIpc) is 2.54. The molecule has 0 radical (unpaired) electrons. The van der Waals surface area contributed by atoms with Crippen molar-refractivity contribution in [3.05, 3.63) is 29.6 Å². The van der Waals surface area contributed by atoms with E-state index in [0.29, 0.717) is 16.9 Å². The van der Waals surface area contributed by atoms with E-state index in [1.54, 1.807) is 11.6 Å². The summed E-state index contributed by atoms with van der Waals surface area (Å²) in [6.45, 7) is 0. The quantitative estimate of drug-likeness (QED) is 0.708. The Morgan fingerprint density at radius 1 is 1.38 bits per heavy atom. The highest BCUT2D eigenvalue weighted by Gasteiger charge is 2.30. The van der Waals surface area contributed by atoms with Gasteiger partial charge in [0.2, 0.25) is 0 Å². The number of aryl methyl sites for hydroxylation is 1. The smallest absolute Gasteiger partial charge is 0.330 e. The number of aromatic nitrogens is 2. The molecule has 2 aromatic rings. The van der Waals surface area contributed by atoms with Gasteiger partial charge in [-0.25, -0.2) is 4.98 Å². The molecule has 0 aliphatic rings. The van der Waals surface area contributed by atoms with E-state index in [1.165, 1.54) is 6.07 Å². The van der Waals surface area contributed by atoms with Gasteiger partial charge in [0, 0.05) is 7.05 Å². The van der Waals surface area contributed by atoms with E-state index in [0.717, 1.165) is 12.1 Å². The molecule has 0 saturated heterocycles. The van der Waals surface area contributed by atoms with Gasteiger partial charge in [0.1, 0.15) is 5.82 Å². The SMILES string of the molecule is Cn1c(CCl)nc2cc(C(F)(F)F)ccc21. The number of rotatable bonds is 1.